The van der Waals surface area contributed by atoms with E-state index in [2.05, 4.69) is 0 Å². The fraction of sp³-hybridized carbons (Fsp3) is 0.917. The molecule has 1 rings (SSSR count). The SMILES string of the molecule is COC(C)(C)CCC(=O)C1(C)CCCO1. The Labute approximate surface area is 92.1 Å². The molecule has 1 saturated heterocycles. The Morgan fingerprint density at radius 1 is 1.53 bits per heavy atom. The van der Waals surface area contributed by atoms with Crippen molar-refractivity contribution in [2.75, 3.05) is 13.7 Å². The van der Waals surface area contributed by atoms with E-state index in [-0.39, 0.29) is 11.4 Å². The molecule has 0 aromatic rings. The maximum atomic E-state index is 11.9. The van der Waals surface area contributed by atoms with Gasteiger partial charge in [0, 0.05) is 20.1 Å². The molecule has 0 spiro atoms. The topological polar surface area (TPSA) is 35.5 Å². The Morgan fingerprint density at radius 3 is 2.67 bits per heavy atom. The van der Waals surface area contributed by atoms with Gasteiger partial charge < -0.3 is 9.47 Å². The smallest absolute Gasteiger partial charge is 0.164 e. The van der Waals surface area contributed by atoms with Crippen LogP contribution < -0.4 is 0 Å². The Kier molecular flexibility index (Phi) is 3.90. The summed E-state index contributed by atoms with van der Waals surface area (Å²) >= 11 is 0. The highest BCUT2D eigenvalue weighted by atomic mass is 16.5. The zero-order valence-corrected chi connectivity index (χ0v) is 10.3. The molecule has 0 bridgehead atoms. The van der Waals surface area contributed by atoms with Crippen LogP contribution in [0.1, 0.15) is 46.5 Å². The van der Waals surface area contributed by atoms with Crippen molar-refractivity contribution in [3.63, 3.8) is 0 Å². The van der Waals surface area contributed by atoms with E-state index in [1.54, 1.807) is 7.11 Å². The zero-order valence-electron chi connectivity index (χ0n) is 10.3. The van der Waals surface area contributed by atoms with Gasteiger partial charge in [-0.2, -0.15) is 0 Å². The summed E-state index contributed by atoms with van der Waals surface area (Å²) in [4.78, 5) is 11.9. The number of carbonyl (C=O) groups excluding carboxylic acids is 1. The van der Waals surface area contributed by atoms with Gasteiger partial charge in [-0.05, 0) is 40.0 Å². The van der Waals surface area contributed by atoms with Gasteiger partial charge in [-0.15, -0.1) is 0 Å². The Bertz CT molecular complexity index is 227. The van der Waals surface area contributed by atoms with Crippen LogP contribution in [0.15, 0.2) is 0 Å². The molecule has 88 valence electrons. The van der Waals surface area contributed by atoms with Crippen molar-refractivity contribution >= 4 is 5.78 Å². The van der Waals surface area contributed by atoms with Gasteiger partial charge in [-0.1, -0.05) is 0 Å². The molecule has 0 amide bonds. The Hall–Kier alpha value is -0.410. The average Bonchev–Trinajstić information content (AvgIpc) is 2.63. The van der Waals surface area contributed by atoms with E-state index in [9.17, 15) is 4.79 Å². The van der Waals surface area contributed by atoms with Crippen molar-refractivity contribution in [3.8, 4) is 0 Å². The van der Waals surface area contributed by atoms with Crippen LogP contribution in [-0.2, 0) is 14.3 Å². The molecule has 0 aromatic heterocycles. The van der Waals surface area contributed by atoms with Crippen molar-refractivity contribution in [2.24, 2.45) is 0 Å². The van der Waals surface area contributed by atoms with Gasteiger partial charge in [0.15, 0.2) is 5.78 Å². The van der Waals surface area contributed by atoms with E-state index in [1.807, 2.05) is 20.8 Å². The van der Waals surface area contributed by atoms with Crippen LogP contribution in [0, 0.1) is 0 Å². The molecule has 3 nitrogen and oxygen atoms in total. The van der Waals surface area contributed by atoms with E-state index >= 15 is 0 Å². The Balaban J connectivity index is 2.42. The van der Waals surface area contributed by atoms with Crippen LogP contribution in [0.3, 0.4) is 0 Å². The highest BCUT2D eigenvalue weighted by molar-refractivity contribution is 5.87. The molecule has 1 aliphatic heterocycles. The fourth-order valence-corrected chi connectivity index (χ4v) is 1.78. The minimum absolute atomic E-state index is 0.213. The number of rotatable bonds is 5. The van der Waals surface area contributed by atoms with E-state index in [0.29, 0.717) is 6.42 Å². The molecule has 1 fully saturated rings. The summed E-state index contributed by atoms with van der Waals surface area (Å²) in [7, 11) is 1.68. The van der Waals surface area contributed by atoms with Crippen molar-refractivity contribution in [2.45, 2.75) is 57.7 Å². The van der Waals surface area contributed by atoms with Gasteiger partial charge in [-0.25, -0.2) is 0 Å². The highest BCUT2D eigenvalue weighted by Crippen LogP contribution is 2.29. The van der Waals surface area contributed by atoms with Gasteiger partial charge in [0.1, 0.15) is 5.60 Å². The summed E-state index contributed by atoms with van der Waals surface area (Å²) in [6.07, 6.45) is 3.15. The van der Waals surface area contributed by atoms with Gasteiger partial charge in [0.2, 0.25) is 0 Å². The summed E-state index contributed by atoms with van der Waals surface area (Å²) < 4.78 is 10.8. The molecule has 1 unspecified atom stereocenters. The number of hydrogen-bond acceptors (Lipinski definition) is 3. The predicted octanol–water partition coefficient (Wildman–Crippen LogP) is 2.33. The molecule has 3 heteroatoms. The van der Waals surface area contributed by atoms with Gasteiger partial charge in [0.25, 0.3) is 0 Å². The van der Waals surface area contributed by atoms with Crippen molar-refractivity contribution < 1.29 is 14.3 Å². The highest BCUT2D eigenvalue weighted by Gasteiger charge is 2.37. The maximum absolute atomic E-state index is 11.9. The predicted molar refractivity (Wildman–Crippen MR) is 58.9 cm³/mol. The molecular weight excluding hydrogens is 192 g/mol. The number of Topliss-reactive ketones (excluding diaryl/α,β-unsaturated/α-hetero) is 1. The standard InChI is InChI=1S/C12H22O3/c1-11(2,14-4)8-6-10(13)12(3)7-5-9-15-12/h5-9H2,1-4H3. The first-order valence-electron chi connectivity index (χ1n) is 5.62. The average molecular weight is 214 g/mol. The minimum atomic E-state index is -0.524. The second-order valence-corrected chi connectivity index (χ2v) is 5.07. The van der Waals surface area contributed by atoms with Crippen molar-refractivity contribution in [1.82, 2.24) is 0 Å². The first kappa shape index (κ1) is 12.7. The van der Waals surface area contributed by atoms with Crippen LogP contribution in [-0.4, -0.2) is 30.7 Å². The largest absolute Gasteiger partial charge is 0.379 e. The van der Waals surface area contributed by atoms with Crippen LogP contribution >= 0.6 is 0 Å². The third-order valence-corrected chi connectivity index (χ3v) is 3.32. The van der Waals surface area contributed by atoms with Gasteiger partial charge in [0.05, 0.1) is 5.60 Å². The van der Waals surface area contributed by atoms with E-state index in [1.165, 1.54) is 0 Å². The van der Waals surface area contributed by atoms with Crippen LogP contribution in [0.2, 0.25) is 0 Å². The van der Waals surface area contributed by atoms with Crippen LogP contribution in [0.25, 0.3) is 0 Å². The first-order valence-corrected chi connectivity index (χ1v) is 5.62. The number of carbonyl (C=O) groups is 1. The zero-order chi connectivity index (χ0) is 11.5. The second-order valence-electron chi connectivity index (χ2n) is 5.07. The number of methoxy groups -OCH3 is 1. The van der Waals surface area contributed by atoms with Gasteiger partial charge >= 0.3 is 0 Å². The third kappa shape index (κ3) is 3.28. The monoisotopic (exact) mass is 214 g/mol. The minimum Gasteiger partial charge on any atom is -0.379 e. The molecule has 15 heavy (non-hydrogen) atoms. The molecule has 1 heterocycles. The quantitative estimate of drug-likeness (QED) is 0.704. The maximum Gasteiger partial charge on any atom is 0.164 e. The summed E-state index contributed by atoms with van der Waals surface area (Å²) in [6.45, 7) is 6.62. The molecule has 0 saturated carbocycles. The lowest BCUT2D eigenvalue weighted by atomic mass is 9.90. The summed E-state index contributed by atoms with van der Waals surface area (Å²) in [5.74, 6) is 0.213. The summed E-state index contributed by atoms with van der Waals surface area (Å²) in [5, 5.41) is 0. The second kappa shape index (κ2) is 4.62. The number of hydrogen-bond donors (Lipinski definition) is 0. The molecule has 1 aliphatic rings. The molecule has 0 radical (unpaired) electrons. The molecule has 0 N–H and O–H groups in total. The molecule has 0 aromatic carbocycles. The normalized spacial score (nSPS) is 26.9. The van der Waals surface area contributed by atoms with Crippen LogP contribution in [0.4, 0.5) is 0 Å². The third-order valence-electron chi connectivity index (χ3n) is 3.32. The van der Waals surface area contributed by atoms with E-state index < -0.39 is 5.60 Å². The van der Waals surface area contributed by atoms with Crippen LogP contribution in [0.5, 0.6) is 0 Å². The Morgan fingerprint density at radius 2 is 2.20 bits per heavy atom. The number of ether oxygens (including phenoxy) is 2. The van der Waals surface area contributed by atoms with Crippen molar-refractivity contribution in [3.05, 3.63) is 0 Å². The molecule has 1 atom stereocenters. The molecular formula is C12H22O3. The number of ketones is 1. The lowest BCUT2D eigenvalue weighted by Crippen LogP contribution is -2.36. The first-order chi connectivity index (χ1) is 6.90. The van der Waals surface area contributed by atoms with E-state index in [0.717, 1.165) is 25.9 Å². The lowest BCUT2D eigenvalue weighted by molar-refractivity contribution is -0.138. The fourth-order valence-electron chi connectivity index (χ4n) is 1.78. The van der Waals surface area contributed by atoms with Crippen molar-refractivity contribution in [1.29, 1.82) is 0 Å². The van der Waals surface area contributed by atoms with Gasteiger partial charge in [-0.3, -0.25) is 4.79 Å². The molecule has 0 aliphatic carbocycles. The summed E-state index contributed by atoms with van der Waals surface area (Å²) in [5.41, 5.74) is -0.742. The van der Waals surface area contributed by atoms with E-state index in [4.69, 9.17) is 9.47 Å². The lowest BCUT2D eigenvalue weighted by Gasteiger charge is -2.26. The summed E-state index contributed by atoms with van der Waals surface area (Å²) in [6, 6.07) is 0.